The van der Waals surface area contributed by atoms with E-state index in [1.54, 1.807) is 24.3 Å². The number of amides is 4. The number of rotatable bonds is 5. The van der Waals surface area contributed by atoms with E-state index in [2.05, 4.69) is 4.90 Å². The molecule has 1 aromatic heterocycles. The van der Waals surface area contributed by atoms with Crippen LogP contribution in [0, 0.1) is 21.4 Å². The zero-order chi connectivity index (χ0) is 25.8. The Bertz CT molecular complexity index is 1290. The zero-order valence-electron chi connectivity index (χ0n) is 20.1. The molecule has 0 unspecified atom stereocenters. The lowest BCUT2D eigenvalue weighted by Crippen LogP contribution is -2.67. The van der Waals surface area contributed by atoms with Crippen LogP contribution in [-0.2, 0) is 22.6 Å². The summed E-state index contributed by atoms with van der Waals surface area (Å²) < 4.78 is 1.82. The normalized spacial score (nSPS) is 23.6. The number of nitro benzene ring substituents is 1. The van der Waals surface area contributed by atoms with Crippen molar-refractivity contribution in [2.75, 3.05) is 33.7 Å². The van der Waals surface area contributed by atoms with Crippen molar-refractivity contribution in [2.45, 2.75) is 25.3 Å². The van der Waals surface area contributed by atoms with E-state index in [1.807, 2.05) is 10.6 Å². The molecule has 3 aliphatic rings. The number of hydrogen-bond donors (Lipinski definition) is 0. The molecule has 188 valence electrons. The van der Waals surface area contributed by atoms with Crippen molar-refractivity contribution < 1.29 is 19.3 Å². The number of likely N-dealkylation sites (tertiary alicyclic amines) is 1. The van der Waals surface area contributed by atoms with Gasteiger partial charge in [0.15, 0.2) is 0 Å². The highest BCUT2D eigenvalue weighted by molar-refractivity contribution is 6.19. The summed E-state index contributed by atoms with van der Waals surface area (Å²) in [6.07, 6.45) is 0.933. The molecule has 0 spiro atoms. The third-order valence-electron chi connectivity index (χ3n) is 7.70. The van der Waals surface area contributed by atoms with Gasteiger partial charge in [-0.05, 0) is 30.4 Å². The summed E-state index contributed by atoms with van der Waals surface area (Å²) in [6.45, 7) is 1.87. The Morgan fingerprint density at radius 1 is 0.944 bits per heavy atom. The zero-order valence-corrected chi connectivity index (χ0v) is 20.1. The molecule has 0 N–H and O–H groups in total. The molecule has 4 heterocycles. The number of carbonyl (C=O) groups is 3. The minimum absolute atomic E-state index is 0.00645. The van der Waals surface area contributed by atoms with Crippen molar-refractivity contribution >= 4 is 23.5 Å². The molecule has 1 aromatic carbocycles. The summed E-state index contributed by atoms with van der Waals surface area (Å²) in [5, 5.41) is 11.1. The van der Waals surface area contributed by atoms with Crippen LogP contribution in [0.2, 0.25) is 0 Å². The quantitative estimate of drug-likeness (QED) is 0.351. The number of urea groups is 1. The molecule has 5 rings (SSSR count). The van der Waals surface area contributed by atoms with Crippen LogP contribution >= 0.6 is 0 Å². The first-order valence-corrected chi connectivity index (χ1v) is 11.9. The van der Waals surface area contributed by atoms with Gasteiger partial charge in [0.05, 0.1) is 4.92 Å². The van der Waals surface area contributed by atoms with Crippen LogP contribution in [0.15, 0.2) is 47.3 Å². The van der Waals surface area contributed by atoms with E-state index in [1.165, 1.54) is 26.2 Å². The fourth-order valence-electron chi connectivity index (χ4n) is 6.07. The number of nitro groups is 1. The van der Waals surface area contributed by atoms with E-state index in [0.29, 0.717) is 25.2 Å². The first kappa shape index (κ1) is 23.9. The molecule has 2 aromatic rings. The van der Waals surface area contributed by atoms with Crippen molar-refractivity contribution in [1.29, 1.82) is 0 Å². The Morgan fingerprint density at radius 2 is 1.61 bits per heavy atom. The monoisotopic (exact) mass is 493 g/mol. The number of hydrogen-bond acceptors (Lipinski definition) is 7. The van der Waals surface area contributed by atoms with E-state index in [-0.39, 0.29) is 36.0 Å². The number of fused-ring (bicyclic) bond motifs is 4. The first-order valence-electron chi connectivity index (χ1n) is 11.9. The van der Waals surface area contributed by atoms with E-state index in [0.717, 1.165) is 21.9 Å². The largest absolute Gasteiger partial charge is 0.332 e. The lowest BCUT2D eigenvalue weighted by Gasteiger charge is -2.48. The van der Waals surface area contributed by atoms with Crippen molar-refractivity contribution in [3.63, 3.8) is 0 Å². The fraction of sp³-hybridized carbons (Fsp3) is 0.440. The van der Waals surface area contributed by atoms with Gasteiger partial charge in [-0.1, -0.05) is 18.2 Å². The molecule has 2 atom stereocenters. The summed E-state index contributed by atoms with van der Waals surface area (Å²) in [7, 11) is 2.73. The topological polar surface area (TPSA) is 126 Å². The van der Waals surface area contributed by atoms with Gasteiger partial charge in [0.2, 0.25) is 11.8 Å². The van der Waals surface area contributed by atoms with E-state index >= 15 is 0 Å². The minimum Gasteiger partial charge on any atom is -0.312 e. The van der Waals surface area contributed by atoms with Crippen molar-refractivity contribution in [3.8, 4) is 0 Å². The van der Waals surface area contributed by atoms with Crippen LogP contribution < -0.4 is 5.56 Å². The molecule has 2 bridgehead atoms. The van der Waals surface area contributed by atoms with Crippen LogP contribution in [0.1, 0.15) is 23.6 Å². The lowest BCUT2D eigenvalue weighted by atomic mass is 9.75. The Balaban J connectivity index is 1.49. The SMILES string of the molecule is CN1C(=O)N(C)C(=O)C(Cc2ccc([N+](=O)[O-])cc2)(CN2C[C@@H]3C[C@@H](C2)c2cccc(=O)n2C3)C1=O. The highest BCUT2D eigenvalue weighted by atomic mass is 16.6. The molecule has 0 radical (unpaired) electrons. The van der Waals surface area contributed by atoms with Gasteiger partial charge in [-0.25, -0.2) is 4.79 Å². The number of carbonyl (C=O) groups excluding carboxylic acids is 3. The molecule has 11 nitrogen and oxygen atoms in total. The van der Waals surface area contributed by atoms with Crippen LogP contribution in [0.3, 0.4) is 0 Å². The average molecular weight is 494 g/mol. The molecular formula is C25H27N5O6. The second-order valence-electron chi connectivity index (χ2n) is 10.1. The number of benzene rings is 1. The number of pyridine rings is 1. The molecular weight excluding hydrogens is 466 g/mol. The standard InChI is InChI=1S/C25H27N5O6/c1-26-22(32)25(23(33)27(2)24(26)34,11-16-6-8-19(9-7-16)30(35)36)15-28-12-17-10-18(14-28)20-4-3-5-21(31)29(20)13-17/h3-9,17-18H,10-15H2,1-2H3/t17-,18-/m0/s1. The molecule has 2 fully saturated rings. The van der Waals surface area contributed by atoms with E-state index in [9.17, 15) is 29.3 Å². The predicted molar refractivity (Wildman–Crippen MR) is 128 cm³/mol. The third-order valence-corrected chi connectivity index (χ3v) is 7.70. The second-order valence-corrected chi connectivity index (χ2v) is 10.1. The van der Waals surface area contributed by atoms with E-state index in [4.69, 9.17) is 0 Å². The highest BCUT2D eigenvalue weighted by Gasteiger charge is 2.56. The first-order chi connectivity index (χ1) is 17.1. The number of non-ortho nitro benzene ring substituents is 1. The average Bonchev–Trinajstić information content (AvgIpc) is 2.86. The lowest BCUT2D eigenvalue weighted by molar-refractivity contribution is -0.384. The van der Waals surface area contributed by atoms with Crippen molar-refractivity contribution in [3.05, 3.63) is 74.2 Å². The smallest absolute Gasteiger partial charge is 0.312 e. The van der Waals surface area contributed by atoms with Gasteiger partial charge in [-0.15, -0.1) is 0 Å². The van der Waals surface area contributed by atoms with Gasteiger partial charge >= 0.3 is 6.03 Å². The summed E-state index contributed by atoms with van der Waals surface area (Å²) in [6, 6.07) is 10.4. The number of imide groups is 2. The third kappa shape index (κ3) is 3.79. The molecule has 4 amide bonds. The predicted octanol–water partition coefficient (Wildman–Crippen LogP) is 1.46. The maximum absolute atomic E-state index is 13.6. The minimum atomic E-state index is -1.56. The van der Waals surface area contributed by atoms with Gasteiger partial charge in [-0.2, -0.15) is 0 Å². The summed E-state index contributed by atoms with van der Waals surface area (Å²) in [5.74, 6) is -0.880. The van der Waals surface area contributed by atoms with Crippen LogP contribution in [-0.4, -0.2) is 75.8 Å². The Kier molecular flexibility index (Phi) is 5.74. The summed E-state index contributed by atoms with van der Waals surface area (Å²) >= 11 is 0. The van der Waals surface area contributed by atoms with Crippen LogP contribution in [0.5, 0.6) is 0 Å². The fourth-order valence-corrected chi connectivity index (χ4v) is 6.07. The van der Waals surface area contributed by atoms with Gasteiger partial charge < -0.3 is 9.47 Å². The Labute approximate surface area is 207 Å². The number of nitrogens with zero attached hydrogens (tertiary/aromatic N) is 5. The van der Waals surface area contributed by atoms with Crippen LogP contribution in [0.4, 0.5) is 10.5 Å². The van der Waals surface area contributed by atoms with Gasteiger partial charge in [-0.3, -0.25) is 34.3 Å². The molecule has 0 saturated carbocycles. The Hall–Kier alpha value is -3.86. The number of piperidine rings is 1. The van der Waals surface area contributed by atoms with Gasteiger partial charge in [0.1, 0.15) is 5.41 Å². The molecule has 0 aliphatic carbocycles. The maximum Gasteiger partial charge on any atom is 0.332 e. The maximum atomic E-state index is 13.6. The number of aromatic nitrogens is 1. The van der Waals surface area contributed by atoms with Crippen LogP contribution in [0.25, 0.3) is 0 Å². The second kappa shape index (κ2) is 8.66. The molecule has 11 heteroatoms. The Morgan fingerprint density at radius 3 is 2.25 bits per heavy atom. The molecule has 36 heavy (non-hydrogen) atoms. The summed E-state index contributed by atoms with van der Waals surface area (Å²) in [4.78, 5) is 66.8. The highest BCUT2D eigenvalue weighted by Crippen LogP contribution is 2.39. The van der Waals surface area contributed by atoms with Crippen molar-refractivity contribution in [1.82, 2.24) is 19.3 Å². The van der Waals surface area contributed by atoms with E-state index < -0.39 is 28.2 Å². The molecule has 3 aliphatic heterocycles. The van der Waals surface area contributed by atoms with Gasteiger partial charge in [0.25, 0.3) is 11.2 Å². The van der Waals surface area contributed by atoms with Crippen molar-refractivity contribution in [2.24, 2.45) is 11.3 Å². The number of barbiturate groups is 1. The van der Waals surface area contributed by atoms with Gasteiger partial charge in [0, 0.05) is 70.1 Å². The summed E-state index contributed by atoms with van der Waals surface area (Å²) in [5.41, 5.74) is -0.123. The molecule has 2 saturated heterocycles.